The van der Waals surface area contributed by atoms with Crippen molar-refractivity contribution < 1.29 is 42.3 Å². The normalized spacial score (nSPS) is 13.1. The second-order valence-electron chi connectivity index (χ2n) is 15.8. The van der Waals surface area contributed by atoms with Gasteiger partial charge in [0.2, 0.25) is 11.6 Å². The molecule has 23 heteroatoms. The minimum Gasteiger partial charge on any atom is -0.458 e. The highest BCUT2D eigenvalue weighted by molar-refractivity contribution is 6.18. The molecule has 73 heavy (non-hydrogen) atoms. The molecule has 2 aliphatic heterocycles. The van der Waals surface area contributed by atoms with Crippen LogP contribution in [0.25, 0.3) is 0 Å². The van der Waals surface area contributed by atoms with Crippen LogP contribution < -0.4 is 0 Å². The van der Waals surface area contributed by atoms with Gasteiger partial charge in [0.25, 0.3) is 0 Å². The van der Waals surface area contributed by atoms with E-state index in [0.717, 1.165) is 18.5 Å². The third kappa shape index (κ3) is 18.3. The number of aryl methyl sites for hydroxylation is 2. The van der Waals surface area contributed by atoms with E-state index in [1.54, 1.807) is 122 Å². The van der Waals surface area contributed by atoms with E-state index in [0.29, 0.717) is 106 Å². The Labute approximate surface area is 430 Å². The summed E-state index contributed by atoms with van der Waals surface area (Å²) in [5, 5.41) is 0. The number of ketones is 5. The number of alkyl halides is 2. The molecule has 7 aromatic heterocycles. The Hall–Kier alpha value is -7.46. The van der Waals surface area contributed by atoms with Gasteiger partial charge in [0.1, 0.15) is 25.0 Å². The predicted molar refractivity (Wildman–Crippen MR) is 267 cm³/mol. The third-order valence-corrected chi connectivity index (χ3v) is 11.0. The van der Waals surface area contributed by atoms with Crippen LogP contribution in [0, 0.1) is 11.7 Å². The Morgan fingerprint density at radius 1 is 0.767 bits per heavy atom. The number of imidazole rings is 6. The fourth-order valence-electron chi connectivity index (χ4n) is 7.00. The largest absolute Gasteiger partial charge is 0.458 e. The third-order valence-electron chi connectivity index (χ3n) is 10.5. The van der Waals surface area contributed by atoms with Crippen molar-refractivity contribution in [1.29, 1.82) is 0 Å². The van der Waals surface area contributed by atoms with E-state index >= 15 is 0 Å². The lowest BCUT2D eigenvalue weighted by Gasteiger charge is -2.20. The van der Waals surface area contributed by atoms with Crippen LogP contribution in [0.3, 0.4) is 0 Å². The predicted octanol–water partition coefficient (Wildman–Crippen LogP) is 8.35. The minimum atomic E-state index is -0.750. The molecule has 20 nitrogen and oxygen atoms in total. The zero-order chi connectivity index (χ0) is 52.2. The zero-order valence-electron chi connectivity index (χ0n) is 40.4. The van der Waals surface area contributed by atoms with Crippen LogP contribution in [0.15, 0.2) is 128 Å². The zero-order valence-corrected chi connectivity index (χ0v) is 41.9. The number of hydrogen-bond donors (Lipinski definition) is 2. The molecule has 8 aromatic rings. The van der Waals surface area contributed by atoms with Crippen molar-refractivity contribution in [3.05, 3.63) is 170 Å². The van der Waals surface area contributed by atoms with Gasteiger partial charge in [0, 0.05) is 139 Å². The second kappa shape index (κ2) is 31.1. The molecule has 0 aliphatic carbocycles. The van der Waals surface area contributed by atoms with Gasteiger partial charge in [0.05, 0.1) is 18.6 Å². The summed E-state index contributed by atoms with van der Waals surface area (Å²) in [7, 11) is 3.23. The molecule has 0 saturated heterocycles. The molecule has 9 heterocycles. The molecular weight excluding hydrogens is 987 g/mol. The number of methoxy groups -OCH3 is 2. The van der Waals surface area contributed by atoms with Crippen LogP contribution in [0.1, 0.15) is 109 Å². The van der Waals surface area contributed by atoms with Crippen molar-refractivity contribution in [2.45, 2.75) is 77.9 Å². The number of ether oxygens (including phenoxy) is 2. The summed E-state index contributed by atoms with van der Waals surface area (Å²) in [5.74, 6) is 2.19. The second-order valence-corrected chi connectivity index (χ2v) is 16.6. The first-order valence-corrected chi connectivity index (χ1v) is 24.2. The maximum Gasteiger partial charge on any atom is 0.209 e. The number of hydrogen-bond acceptors (Lipinski definition) is 14. The van der Waals surface area contributed by atoms with E-state index in [-0.39, 0.29) is 40.5 Å². The van der Waals surface area contributed by atoms with Gasteiger partial charge in [-0.3, -0.25) is 24.0 Å². The molecule has 0 spiro atoms. The molecule has 1 unspecified atom stereocenters. The number of halogens is 3. The Morgan fingerprint density at radius 3 is 2.10 bits per heavy atom. The smallest absolute Gasteiger partial charge is 0.209 e. The first kappa shape index (κ1) is 56.5. The molecular formula is C50H57Cl2FN12O8. The molecule has 386 valence electrons. The first-order valence-electron chi connectivity index (χ1n) is 23.1. The highest BCUT2D eigenvalue weighted by Crippen LogP contribution is 2.25. The van der Waals surface area contributed by atoms with Crippen LogP contribution in [0.2, 0.25) is 0 Å². The summed E-state index contributed by atoms with van der Waals surface area (Å²) < 4.78 is 35.5. The summed E-state index contributed by atoms with van der Waals surface area (Å²) in [6.07, 6.45) is 28.5. The van der Waals surface area contributed by atoms with E-state index in [1.807, 2.05) is 21.5 Å². The molecule has 0 fully saturated rings. The maximum absolute atomic E-state index is 13.0. The molecule has 0 saturated carbocycles. The van der Waals surface area contributed by atoms with Gasteiger partial charge in [-0.05, 0) is 55.5 Å². The van der Waals surface area contributed by atoms with Crippen molar-refractivity contribution in [1.82, 2.24) is 58.1 Å². The number of nitrogens with zero attached hydrogens (tertiary/aromatic N) is 10. The number of furan rings is 1. The molecule has 10 rings (SSSR count). The number of benzene rings is 1. The molecule has 1 atom stereocenters. The van der Waals surface area contributed by atoms with Crippen molar-refractivity contribution in [3.8, 4) is 0 Å². The van der Waals surface area contributed by atoms with Gasteiger partial charge in [-0.15, -0.1) is 23.2 Å². The van der Waals surface area contributed by atoms with Gasteiger partial charge >= 0.3 is 0 Å². The minimum absolute atomic E-state index is 0.00713. The van der Waals surface area contributed by atoms with Crippen molar-refractivity contribution in [2.75, 3.05) is 26.0 Å². The number of fused-ring (bicyclic) bond motifs is 2. The summed E-state index contributed by atoms with van der Waals surface area (Å²) in [6, 6.07) is 9.41. The lowest BCUT2D eigenvalue weighted by molar-refractivity contribution is 0.0748. The van der Waals surface area contributed by atoms with E-state index < -0.39 is 5.92 Å². The average molecular weight is 1040 g/mol. The standard InChI is InChI=1S/C19H15FN2O3.C9H13ClN2O2.C7H9ClN2O.C7H8N2O.C5H8N2O.C3H4N2/c20-13-3-1-12(2-4-13)11-14-5-6-16(25-14)17(23)15-7-9-22-10-8-21-19(22)18(15)24;1-14-7-12-6-5-11-9(12)8(13)3-2-4-10;8-3-1-2-6(11)7-9-4-5-10-7;10-6-2-1-4-9-5-3-8-7(6)9;1-8-5-7-3-2-6-4-7;1-2-5-3-4-1/h1-6,8,10,15H,7,9,11H2;5-6H,2-4,7H2,1H3;4-5H,1-3H2,(H,9,10);3,5H,1-2,4H2;2-4H,5H2,1H3;1-3H,(H,4,5). The number of H-pyrrole nitrogens is 2. The van der Waals surface area contributed by atoms with Gasteiger partial charge < -0.3 is 42.1 Å². The van der Waals surface area contributed by atoms with Gasteiger partial charge in [-0.1, -0.05) is 12.1 Å². The Kier molecular flexibility index (Phi) is 24.0. The van der Waals surface area contributed by atoms with Crippen molar-refractivity contribution >= 4 is 52.1 Å². The number of aromatic amines is 2. The molecule has 1 aromatic carbocycles. The first-order chi connectivity index (χ1) is 35.6. The quantitative estimate of drug-likeness (QED) is 0.0525. The Morgan fingerprint density at radius 2 is 1.48 bits per heavy atom. The van der Waals surface area contributed by atoms with Crippen LogP contribution in [0.4, 0.5) is 4.39 Å². The maximum atomic E-state index is 13.0. The van der Waals surface area contributed by atoms with Crippen LogP contribution in [0.5, 0.6) is 0 Å². The fourth-order valence-corrected chi connectivity index (χ4v) is 7.27. The topological polar surface area (TPSA) is 246 Å². The fraction of sp³-hybridized carbons (Fsp3) is 0.340. The molecule has 2 aliphatic rings. The van der Waals surface area contributed by atoms with E-state index in [1.165, 1.54) is 12.1 Å². The van der Waals surface area contributed by atoms with Gasteiger partial charge in [0.15, 0.2) is 46.4 Å². The Balaban J connectivity index is 0.000000176. The lowest BCUT2D eigenvalue weighted by Crippen LogP contribution is -2.32. The van der Waals surface area contributed by atoms with Gasteiger partial charge in [-0.25, -0.2) is 34.3 Å². The molecule has 0 radical (unpaired) electrons. The number of rotatable bonds is 16. The lowest BCUT2D eigenvalue weighted by atomic mass is 9.91. The summed E-state index contributed by atoms with van der Waals surface area (Å²) >= 11 is 10.9. The number of carbonyl (C=O) groups is 5. The highest BCUT2D eigenvalue weighted by Gasteiger charge is 2.35. The molecule has 0 bridgehead atoms. The van der Waals surface area contributed by atoms with Crippen LogP contribution in [-0.2, 0) is 42.4 Å². The highest BCUT2D eigenvalue weighted by atomic mass is 35.5. The monoisotopic (exact) mass is 1040 g/mol. The number of nitrogens with one attached hydrogen (secondary N) is 2. The van der Waals surface area contributed by atoms with Crippen LogP contribution >= 0.6 is 23.2 Å². The van der Waals surface area contributed by atoms with E-state index in [2.05, 4.69) is 39.9 Å². The average Bonchev–Trinajstić information content (AvgIpc) is 4.26. The number of aromatic nitrogens is 12. The van der Waals surface area contributed by atoms with E-state index in [4.69, 9.17) is 37.1 Å². The molecule has 2 N–H and O–H groups in total. The van der Waals surface area contributed by atoms with Crippen molar-refractivity contribution in [2.24, 2.45) is 5.92 Å². The molecule has 0 amide bonds. The SMILES string of the molecule is COCn1ccnc1.COCn1ccnc1C(=O)CCCCl.O=C(CCCCl)c1ncc[nH]1.O=C(c1ccc(Cc2ccc(F)cc2)o1)C1CCn2ccnc2C1=O.O=C1CCCn2ccnc21.c1c[nH]cn1. The van der Waals surface area contributed by atoms with Crippen molar-refractivity contribution in [3.63, 3.8) is 0 Å². The summed E-state index contributed by atoms with van der Waals surface area (Å²) in [6.45, 7) is 2.46. The van der Waals surface area contributed by atoms with Gasteiger partial charge in [-0.2, -0.15) is 0 Å². The summed E-state index contributed by atoms with van der Waals surface area (Å²) in [4.78, 5) is 87.6. The number of Topliss-reactive ketones (excluding diaryl/α,β-unsaturated/α-hetero) is 5. The summed E-state index contributed by atoms with van der Waals surface area (Å²) in [5.41, 5.74) is 0.880. The Bertz CT molecular complexity index is 2820. The van der Waals surface area contributed by atoms with Crippen LogP contribution in [-0.4, -0.2) is 113 Å². The number of carbonyl (C=O) groups excluding carboxylic acids is 5. The van der Waals surface area contributed by atoms with E-state index in [9.17, 15) is 28.4 Å².